The van der Waals surface area contributed by atoms with E-state index in [4.69, 9.17) is 9.97 Å². The van der Waals surface area contributed by atoms with Gasteiger partial charge >= 0.3 is 0 Å². The fourth-order valence-corrected chi connectivity index (χ4v) is 7.70. The Balaban J connectivity index is 1.57. The SMILES string of the molecule is c1ccc(-c2cc3c4nc(-c5ccccc5)sc4c4sc(-c5ccccc5)nc4c3s2)cc1. The Hall–Kier alpha value is -3.38. The average molecular weight is 477 g/mol. The topological polar surface area (TPSA) is 25.8 Å². The summed E-state index contributed by atoms with van der Waals surface area (Å²) >= 11 is 5.36. The van der Waals surface area contributed by atoms with Crippen LogP contribution in [0.25, 0.3) is 62.1 Å². The number of hydrogen-bond donors (Lipinski definition) is 0. The Morgan fingerprint density at radius 1 is 0.455 bits per heavy atom. The highest BCUT2D eigenvalue weighted by atomic mass is 32.1. The summed E-state index contributed by atoms with van der Waals surface area (Å²) in [6.45, 7) is 0. The third-order valence-corrected chi connectivity index (χ3v) is 9.33. The van der Waals surface area contributed by atoms with E-state index in [2.05, 4.69) is 84.9 Å². The lowest BCUT2D eigenvalue weighted by atomic mass is 10.1. The molecule has 0 aliphatic carbocycles. The zero-order valence-electron chi connectivity index (χ0n) is 17.4. The zero-order valence-corrected chi connectivity index (χ0v) is 19.8. The third-order valence-electron chi connectivity index (χ3n) is 5.76. The van der Waals surface area contributed by atoms with Gasteiger partial charge in [-0.1, -0.05) is 91.0 Å². The minimum atomic E-state index is 1.06. The molecule has 4 aromatic carbocycles. The maximum atomic E-state index is 5.16. The van der Waals surface area contributed by atoms with E-state index in [0.29, 0.717) is 0 Å². The molecule has 0 N–H and O–H groups in total. The monoisotopic (exact) mass is 476 g/mol. The van der Waals surface area contributed by atoms with Crippen LogP contribution in [0.4, 0.5) is 0 Å². The quantitative estimate of drug-likeness (QED) is 0.254. The van der Waals surface area contributed by atoms with Gasteiger partial charge in [-0.25, -0.2) is 9.97 Å². The zero-order chi connectivity index (χ0) is 21.8. The summed E-state index contributed by atoms with van der Waals surface area (Å²) in [6.07, 6.45) is 0. The number of rotatable bonds is 3. The number of thiazole rings is 2. The molecule has 0 aliphatic heterocycles. The molecular formula is C28H16N2S3. The van der Waals surface area contributed by atoms with Crippen molar-refractivity contribution in [2.24, 2.45) is 0 Å². The van der Waals surface area contributed by atoms with Crippen molar-refractivity contribution >= 4 is 64.5 Å². The van der Waals surface area contributed by atoms with Crippen LogP contribution in [0.3, 0.4) is 0 Å². The molecule has 3 aromatic heterocycles. The first-order valence-electron chi connectivity index (χ1n) is 10.7. The normalized spacial score (nSPS) is 11.6. The third kappa shape index (κ3) is 3.12. The van der Waals surface area contributed by atoms with Gasteiger partial charge in [0, 0.05) is 21.4 Å². The second kappa shape index (κ2) is 7.59. The molecule has 0 saturated heterocycles. The molecule has 0 aliphatic rings. The van der Waals surface area contributed by atoms with Gasteiger partial charge in [0.15, 0.2) is 0 Å². The molecule has 3 heterocycles. The lowest BCUT2D eigenvalue weighted by Crippen LogP contribution is -1.76. The summed E-state index contributed by atoms with van der Waals surface area (Å²) in [4.78, 5) is 11.6. The Bertz CT molecular complexity index is 1440. The van der Waals surface area contributed by atoms with Gasteiger partial charge in [-0.05, 0) is 11.6 Å². The van der Waals surface area contributed by atoms with Crippen LogP contribution in [0.2, 0.25) is 0 Å². The number of fused-ring (bicyclic) bond motifs is 6. The van der Waals surface area contributed by atoms with Crippen molar-refractivity contribution in [1.29, 1.82) is 0 Å². The van der Waals surface area contributed by atoms with E-state index in [1.165, 1.54) is 29.9 Å². The Morgan fingerprint density at radius 3 is 1.52 bits per heavy atom. The van der Waals surface area contributed by atoms with Crippen LogP contribution in [-0.2, 0) is 0 Å². The molecule has 0 fully saturated rings. The largest absolute Gasteiger partial charge is 0.235 e. The molecule has 0 atom stereocenters. The van der Waals surface area contributed by atoms with E-state index in [9.17, 15) is 0 Å². The summed E-state index contributed by atoms with van der Waals surface area (Å²) < 4.78 is 3.69. The minimum absolute atomic E-state index is 1.06. The summed E-state index contributed by atoms with van der Waals surface area (Å²) in [5, 5.41) is 3.31. The highest BCUT2D eigenvalue weighted by molar-refractivity contribution is 7.31. The lowest BCUT2D eigenvalue weighted by Gasteiger charge is -1.94. The molecule has 7 aromatic rings. The van der Waals surface area contributed by atoms with Crippen LogP contribution >= 0.6 is 34.0 Å². The van der Waals surface area contributed by atoms with Gasteiger partial charge in [0.2, 0.25) is 0 Å². The molecule has 0 bridgehead atoms. The molecule has 0 saturated carbocycles. The van der Waals surface area contributed by atoms with Crippen molar-refractivity contribution < 1.29 is 0 Å². The van der Waals surface area contributed by atoms with E-state index in [0.717, 1.165) is 32.2 Å². The van der Waals surface area contributed by atoms with E-state index in [1.54, 1.807) is 22.7 Å². The van der Waals surface area contributed by atoms with E-state index in [1.807, 2.05) is 23.5 Å². The summed E-state index contributed by atoms with van der Waals surface area (Å²) in [6, 6.07) is 33.8. The summed E-state index contributed by atoms with van der Waals surface area (Å²) in [5.41, 5.74) is 5.73. The van der Waals surface area contributed by atoms with Crippen molar-refractivity contribution in [2.75, 3.05) is 0 Å². The summed E-state index contributed by atoms with van der Waals surface area (Å²) in [7, 11) is 0. The van der Waals surface area contributed by atoms with E-state index in [-0.39, 0.29) is 0 Å². The van der Waals surface area contributed by atoms with Gasteiger partial charge in [0.05, 0.1) is 19.6 Å². The number of aromatic nitrogens is 2. The highest BCUT2D eigenvalue weighted by Crippen LogP contribution is 2.48. The van der Waals surface area contributed by atoms with Gasteiger partial charge in [0.25, 0.3) is 0 Å². The predicted octanol–water partition coefficient (Wildman–Crippen LogP) is 9.12. The van der Waals surface area contributed by atoms with Crippen molar-refractivity contribution in [2.45, 2.75) is 0 Å². The number of nitrogens with zero attached hydrogens (tertiary/aromatic N) is 2. The van der Waals surface area contributed by atoms with Crippen molar-refractivity contribution in [3.63, 3.8) is 0 Å². The van der Waals surface area contributed by atoms with Gasteiger partial charge in [0.1, 0.15) is 15.5 Å². The highest BCUT2D eigenvalue weighted by Gasteiger charge is 2.21. The first-order valence-corrected chi connectivity index (χ1v) is 13.1. The lowest BCUT2D eigenvalue weighted by molar-refractivity contribution is 1.48. The minimum Gasteiger partial charge on any atom is -0.235 e. The predicted molar refractivity (Wildman–Crippen MR) is 144 cm³/mol. The molecule has 33 heavy (non-hydrogen) atoms. The number of benzene rings is 4. The number of hydrogen-bond acceptors (Lipinski definition) is 5. The standard InChI is InChI=1S/C28H16N2S3/c1-4-10-17(11-5-1)21-16-20-22-25(32-27(29-22)18-12-6-2-7-13-18)26-23(24(20)31-21)30-28(33-26)19-14-8-3-9-15-19/h1-16H. The second-order valence-corrected chi connectivity index (χ2v) is 10.9. The van der Waals surface area contributed by atoms with Crippen molar-refractivity contribution in [1.82, 2.24) is 9.97 Å². The maximum absolute atomic E-state index is 5.16. The molecule has 0 radical (unpaired) electrons. The van der Waals surface area contributed by atoms with Crippen molar-refractivity contribution in [3.8, 4) is 31.6 Å². The molecule has 5 heteroatoms. The van der Waals surface area contributed by atoms with Crippen LogP contribution in [0, 0.1) is 0 Å². The van der Waals surface area contributed by atoms with Crippen LogP contribution in [0.5, 0.6) is 0 Å². The fraction of sp³-hybridized carbons (Fsp3) is 0. The van der Waals surface area contributed by atoms with Crippen LogP contribution in [0.15, 0.2) is 97.1 Å². The Morgan fingerprint density at radius 2 is 0.939 bits per heavy atom. The van der Waals surface area contributed by atoms with E-state index >= 15 is 0 Å². The maximum Gasteiger partial charge on any atom is 0.124 e. The first kappa shape index (κ1) is 19.1. The van der Waals surface area contributed by atoms with Crippen LogP contribution in [-0.4, -0.2) is 9.97 Å². The van der Waals surface area contributed by atoms with Crippen molar-refractivity contribution in [3.05, 3.63) is 97.1 Å². The smallest absolute Gasteiger partial charge is 0.124 e. The van der Waals surface area contributed by atoms with Gasteiger partial charge in [-0.3, -0.25) is 0 Å². The average Bonchev–Trinajstić information content (AvgIpc) is 3.62. The van der Waals surface area contributed by atoms with E-state index < -0.39 is 0 Å². The second-order valence-electron chi connectivity index (χ2n) is 7.85. The van der Waals surface area contributed by atoms with Crippen LogP contribution < -0.4 is 0 Å². The van der Waals surface area contributed by atoms with Crippen LogP contribution in [0.1, 0.15) is 0 Å². The molecule has 0 amide bonds. The first-order chi connectivity index (χ1) is 16.3. The van der Waals surface area contributed by atoms with Gasteiger partial charge < -0.3 is 0 Å². The van der Waals surface area contributed by atoms with Gasteiger partial charge in [-0.15, -0.1) is 34.0 Å². The summed E-state index contributed by atoms with van der Waals surface area (Å²) in [5.74, 6) is 0. The Kier molecular flexibility index (Phi) is 4.40. The Labute approximate surface area is 202 Å². The fourth-order valence-electron chi connectivity index (χ4n) is 4.18. The molecule has 156 valence electrons. The molecule has 0 unspecified atom stereocenters. The van der Waals surface area contributed by atoms with Gasteiger partial charge in [-0.2, -0.15) is 0 Å². The molecule has 7 rings (SSSR count). The number of thiophene rings is 1. The molecule has 0 spiro atoms. The molecular weight excluding hydrogens is 461 g/mol. The molecule has 2 nitrogen and oxygen atoms in total.